The molecule has 2 atom stereocenters. The first-order valence-electron chi connectivity index (χ1n) is 8.52. The molecular weight excluding hydrogens is 321 g/mol. The number of hydrogen-bond donors (Lipinski definition) is 0. The van der Waals surface area contributed by atoms with E-state index in [1.807, 2.05) is 0 Å². The van der Waals surface area contributed by atoms with Gasteiger partial charge in [0.1, 0.15) is 11.5 Å². The molecule has 2 heterocycles. The number of carbonyl (C=O) groups excluding carboxylic acids is 1. The molecule has 2 aromatic rings. The Morgan fingerprint density at radius 1 is 1.20 bits per heavy atom. The molecule has 1 aliphatic heterocycles. The number of carbonyl (C=O) groups is 1. The summed E-state index contributed by atoms with van der Waals surface area (Å²) in [5.41, 5.74) is 0.109. The normalized spacial score (nSPS) is 20.6. The predicted octanol–water partition coefficient (Wildman–Crippen LogP) is 2.80. The molecule has 0 aliphatic carbocycles. The summed E-state index contributed by atoms with van der Waals surface area (Å²) >= 11 is 0. The van der Waals surface area contributed by atoms with E-state index in [0.29, 0.717) is 30.6 Å². The van der Waals surface area contributed by atoms with Crippen LogP contribution in [-0.2, 0) is 0 Å². The van der Waals surface area contributed by atoms with Crippen LogP contribution in [0.3, 0.4) is 0 Å². The lowest BCUT2D eigenvalue weighted by atomic mass is 9.92. The number of halogens is 1. The van der Waals surface area contributed by atoms with Crippen LogP contribution in [0.1, 0.15) is 36.5 Å². The highest BCUT2D eigenvalue weighted by atomic mass is 19.1. The summed E-state index contributed by atoms with van der Waals surface area (Å²) in [4.78, 5) is 26.9. The van der Waals surface area contributed by atoms with Crippen molar-refractivity contribution < 1.29 is 9.18 Å². The topological polar surface area (TPSA) is 55.2 Å². The van der Waals surface area contributed by atoms with Gasteiger partial charge in [-0.25, -0.2) is 9.07 Å². The second kappa shape index (κ2) is 6.78. The minimum absolute atomic E-state index is 0.157. The van der Waals surface area contributed by atoms with Crippen LogP contribution in [0.5, 0.6) is 0 Å². The van der Waals surface area contributed by atoms with Gasteiger partial charge in [-0.2, -0.15) is 5.10 Å². The molecule has 6 heteroatoms. The van der Waals surface area contributed by atoms with Gasteiger partial charge in [-0.3, -0.25) is 9.59 Å². The Bertz CT molecular complexity index is 852. The lowest BCUT2D eigenvalue weighted by Crippen LogP contribution is -2.44. The van der Waals surface area contributed by atoms with Gasteiger partial charge in [0.05, 0.1) is 0 Å². The Hall–Kier alpha value is -2.50. The van der Waals surface area contributed by atoms with Crippen molar-refractivity contribution in [3.63, 3.8) is 0 Å². The van der Waals surface area contributed by atoms with Gasteiger partial charge in [0.15, 0.2) is 5.69 Å². The highest BCUT2D eigenvalue weighted by Gasteiger charge is 2.28. The van der Waals surface area contributed by atoms with E-state index in [2.05, 4.69) is 18.9 Å². The number of nitrogens with zero attached hydrogens (tertiary/aromatic N) is 3. The fraction of sp³-hybridized carbons (Fsp3) is 0.421. The van der Waals surface area contributed by atoms with E-state index in [4.69, 9.17) is 0 Å². The number of aryl methyl sites for hydroxylation is 1. The first kappa shape index (κ1) is 17.3. The number of likely N-dealkylation sites (tertiary alicyclic amines) is 1. The number of benzene rings is 1. The Kier molecular flexibility index (Phi) is 4.70. The van der Waals surface area contributed by atoms with E-state index < -0.39 is 11.2 Å². The average molecular weight is 343 g/mol. The summed E-state index contributed by atoms with van der Waals surface area (Å²) in [7, 11) is 0. The van der Waals surface area contributed by atoms with Crippen molar-refractivity contribution in [3.8, 4) is 5.69 Å². The monoisotopic (exact) mass is 343 g/mol. The molecule has 0 saturated carbocycles. The van der Waals surface area contributed by atoms with Gasteiger partial charge in [0.25, 0.3) is 5.91 Å². The van der Waals surface area contributed by atoms with Crippen LogP contribution < -0.4 is 5.43 Å². The van der Waals surface area contributed by atoms with Crippen LogP contribution in [0.15, 0.2) is 35.1 Å². The Balaban J connectivity index is 2.02. The molecule has 3 rings (SSSR count). The fourth-order valence-corrected chi connectivity index (χ4v) is 3.54. The van der Waals surface area contributed by atoms with E-state index >= 15 is 0 Å². The van der Waals surface area contributed by atoms with E-state index in [9.17, 15) is 14.0 Å². The van der Waals surface area contributed by atoms with Crippen LogP contribution >= 0.6 is 0 Å². The average Bonchev–Trinajstić information content (AvgIpc) is 2.54. The number of rotatable bonds is 2. The summed E-state index contributed by atoms with van der Waals surface area (Å²) in [5.74, 6) is -0.0762. The molecular formula is C19H22FN3O2. The van der Waals surface area contributed by atoms with Crippen LogP contribution in [0.4, 0.5) is 4.39 Å². The minimum atomic E-state index is -0.458. The summed E-state index contributed by atoms with van der Waals surface area (Å²) < 4.78 is 15.4. The number of para-hydroxylation sites is 1. The van der Waals surface area contributed by atoms with Gasteiger partial charge < -0.3 is 4.90 Å². The van der Waals surface area contributed by atoms with Crippen molar-refractivity contribution in [2.45, 2.75) is 27.2 Å². The molecule has 0 spiro atoms. The van der Waals surface area contributed by atoms with Gasteiger partial charge in [0.2, 0.25) is 5.43 Å². The predicted molar refractivity (Wildman–Crippen MR) is 93.4 cm³/mol. The third-order valence-electron chi connectivity index (χ3n) is 4.55. The maximum atomic E-state index is 14.1. The summed E-state index contributed by atoms with van der Waals surface area (Å²) in [6.45, 7) is 7.07. The second-order valence-corrected chi connectivity index (χ2v) is 7.02. The van der Waals surface area contributed by atoms with Gasteiger partial charge in [-0.1, -0.05) is 26.0 Å². The van der Waals surface area contributed by atoms with Crippen molar-refractivity contribution in [1.29, 1.82) is 0 Å². The zero-order chi connectivity index (χ0) is 18.1. The third-order valence-corrected chi connectivity index (χ3v) is 4.55. The highest BCUT2D eigenvalue weighted by Crippen LogP contribution is 2.22. The lowest BCUT2D eigenvalue weighted by molar-refractivity contribution is 0.0613. The van der Waals surface area contributed by atoms with E-state index in [-0.39, 0.29) is 17.3 Å². The van der Waals surface area contributed by atoms with Crippen LogP contribution in [0, 0.1) is 24.6 Å². The SMILES string of the molecule is Cc1cc(=O)c(C(=O)N2CC(C)CC(C)C2)nn1-c1ccccc1F. The van der Waals surface area contributed by atoms with Crippen LogP contribution in [0.25, 0.3) is 5.69 Å². The Morgan fingerprint density at radius 3 is 2.48 bits per heavy atom. The third kappa shape index (κ3) is 3.48. The van der Waals surface area contributed by atoms with Crippen molar-refractivity contribution in [2.75, 3.05) is 13.1 Å². The highest BCUT2D eigenvalue weighted by molar-refractivity contribution is 5.92. The zero-order valence-corrected chi connectivity index (χ0v) is 14.7. The van der Waals surface area contributed by atoms with E-state index in [0.717, 1.165) is 6.42 Å². The molecule has 1 aliphatic rings. The number of amides is 1. The minimum Gasteiger partial charge on any atom is -0.337 e. The van der Waals surface area contributed by atoms with Crippen molar-refractivity contribution in [3.05, 3.63) is 57.8 Å². The molecule has 25 heavy (non-hydrogen) atoms. The first-order valence-corrected chi connectivity index (χ1v) is 8.52. The second-order valence-electron chi connectivity index (χ2n) is 7.02. The summed E-state index contributed by atoms with van der Waals surface area (Å²) in [6.07, 6.45) is 1.06. The molecule has 1 saturated heterocycles. The molecule has 0 bridgehead atoms. The molecule has 1 amide bonds. The Morgan fingerprint density at radius 2 is 1.84 bits per heavy atom. The zero-order valence-electron chi connectivity index (χ0n) is 14.7. The molecule has 0 N–H and O–H groups in total. The first-order chi connectivity index (χ1) is 11.9. The molecule has 1 aromatic heterocycles. The molecule has 0 radical (unpaired) electrons. The van der Waals surface area contributed by atoms with Gasteiger partial charge in [0, 0.05) is 24.8 Å². The lowest BCUT2D eigenvalue weighted by Gasteiger charge is -2.34. The van der Waals surface area contributed by atoms with E-state index in [1.54, 1.807) is 30.0 Å². The molecule has 1 aromatic carbocycles. The van der Waals surface area contributed by atoms with Crippen LogP contribution in [0.2, 0.25) is 0 Å². The summed E-state index contributed by atoms with van der Waals surface area (Å²) in [5, 5.41) is 4.20. The Labute approximate surface area is 146 Å². The smallest absolute Gasteiger partial charge is 0.278 e. The maximum Gasteiger partial charge on any atom is 0.278 e. The van der Waals surface area contributed by atoms with Gasteiger partial charge in [-0.05, 0) is 37.3 Å². The van der Waals surface area contributed by atoms with Crippen molar-refractivity contribution in [2.24, 2.45) is 11.8 Å². The van der Waals surface area contributed by atoms with Gasteiger partial charge >= 0.3 is 0 Å². The molecule has 2 unspecified atom stereocenters. The number of piperidine rings is 1. The quantitative estimate of drug-likeness (QED) is 0.842. The van der Waals surface area contributed by atoms with E-state index in [1.165, 1.54) is 16.8 Å². The maximum absolute atomic E-state index is 14.1. The fourth-order valence-electron chi connectivity index (χ4n) is 3.54. The molecule has 1 fully saturated rings. The largest absolute Gasteiger partial charge is 0.337 e. The van der Waals surface area contributed by atoms with Crippen molar-refractivity contribution in [1.82, 2.24) is 14.7 Å². The van der Waals surface area contributed by atoms with Crippen LogP contribution in [-0.4, -0.2) is 33.7 Å². The molecule has 132 valence electrons. The standard InChI is InChI=1S/C19H22FN3O2/c1-12-8-13(2)11-22(10-12)19(25)18-17(24)9-14(3)23(21-18)16-7-5-4-6-15(16)20/h4-7,9,12-13H,8,10-11H2,1-3H3. The molecule has 5 nitrogen and oxygen atoms in total. The number of aromatic nitrogens is 2. The van der Waals surface area contributed by atoms with Gasteiger partial charge in [-0.15, -0.1) is 0 Å². The number of hydrogen-bond acceptors (Lipinski definition) is 3. The van der Waals surface area contributed by atoms with Crippen molar-refractivity contribution >= 4 is 5.91 Å². The summed E-state index contributed by atoms with van der Waals surface area (Å²) in [6, 6.07) is 7.50.